The van der Waals surface area contributed by atoms with Crippen molar-refractivity contribution >= 4 is 10.1 Å². The standard InChI is InChI=1S/C30H52O3S/c1-25(2)15-16-27(5)17-18-29(7)20(21(27)19-25)9-10-23-28(6)13-12-24(34(31,32)33)26(3,4)22(28)11-14-30(23,29)8/h20-24H,9-19H2,1-8H3,(H,31,32,33)/t20-,21-,22?,23-,24?,27-,28+,29-,30-/m1/s1. The van der Waals surface area contributed by atoms with Crippen LogP contribution in [0.5, 0.6) is 0 Å². The van der Waals surface area contributed by atoms with Gasteiger partial charge in [-0.2, -0.15) is 8.42 Å². The van der Waals surface area contributed by atoms with Gasteiger partial charge < -0.3 is 0 Å². The predicted molar refractivity (Wildman–Crippen MR) is 140 cm³/mol. The second kappa shape index (κ2) is 7.27. The third kappa shape index (κ3) is 3.25. The van der Waals surface area contributed by atoms with E-state index in [9.17, 15) is 13.0 Å². The van der Waals surface area contributed by atoms with Gasteiger partial charge in [-0.1, -0.05) is 55.4 Å². The van der Waals surface area contributed by atoms with Gasteiger partial charge in [-0.3, -0.25) is 4.55 Å². The van der Waals surface area contributed by atoms with Crippen LogP contribution in [0.2, 0.25) is 0 Å². The van der Waals surface area contributed by atoms with Crippen molar-refractivity contribution < 1.29 is 13.0 Å². The molecule has 5 saturated carbocycles. The Morgan fingerprint density at radius 3 is 1.94 bits per heavy atom. The Morgan fingerprint density at radius 1 is 0.647 bits per heavy atom. The fourth-order valence-electron chi connectivity index (χ4n) is 11.8. The summed E-state index contributed by atoms with van der Waals surface area (Å²) in [5.74, 6) is 2.70. The molecule has 4 heteroatoms. The number of hydrogen-bond donors (Lipinski definition) is 1. The van der Waals surface area contributed by atoms with E-state index < -0.39 is 15.4 Å². The molecule has 0 aromatic rings. The molecule has 34 heavy (non-hydrogen) atoms. The largest absolute Gasteiger partial charge is 0.285 e. The normalized spacial score (nSPS) is 54.2. The minimum atomic E-state index is -4.02. The van der Waals surface area contributed by atoms with Crippen molar-refractivity contribution in [1.29, 1.82) is 0 Å². The SMILES string of the molecule is CC1(C)CC[C@]2(C)CC[C@]3(C)[C@H](CC[C@@H]4[C@@]5(C)CCC(S(=O)(=O)O)C(C)(C)C5CC[C@]43C)[C@H]2C1. The molecule has 0 heterocycles. The monoisotopic (exact) mass is 492 g/mol. The molecular formula is C30H52O3S. The summed E-state index contributed by atoms with van der Waals surface area (Å²) >= 11 is 0. The van der Waals surface area contributed by atoms with E-state index in [0.717, 1.165) is 24.7 Å². The van der Waals surface area contributed by atoms with Crippen LogP contribution in [0.4, 0.5) is 0 Å². The smallest absolute Gasteiger partial charge is 0.268 e. The first-order valence-corrected chi connectivity index (χ1v) is 15.9. The minimum absolute atomic E-state index is 0.165. The van der Waals surface area contributed by atoms with Gasteiger partial charge in [0.2, 0.25) is 0 Å². The van der Waals surface area contributed by atoms with Crippen LogP contribution in [0.3, 0.4) is 0 Å². The van der Waals surface area contributed by atoms with Gasteiger partial charge in [0.15, 0.2) is 0 Å². The molecule has 0 aliphatic heterocycles. The zero-order valence-electron chi connectivity index (χ0n) is 23.3. The lowest BCUT2D eigenvalue weighted by Crippen LogP contribution is -2.67. The van der Waals surface area contributed by atoms with Gasteiger partial charge in [0.05, 0.1) is 5.25 Å². The van der Waals surface area contributed by atoms with Crippen LogP contribution in [0.15, 0.2) is 0 Å². The van der Waals surface area contributed by atoms with Gasteiger partial charge in [0.1, 0.15) is 0 Å². The number of hydrogen-bond acceptors (Lipinski definition) is 2. The van der Waals surface area contributed by atoms with E-state index in [1.165, 1.54) is 51.4 Å². The summed E-state index contributed by atoms with van der Waals surface area (Å²) in [6.45, 7) is 19.8. The highest BCUT2D eigenvalue weighted by Crippen LogP contribution is 2.77. The van der Waals surface area contributed by atoms with E-state index in [2.05, 4.69) is 55.4 Å². The summed E-state index contributed by atoms with van der Waals surface area (Å²) in [5.41, 5.74) is 1.49. The van der Waals surface area contributed by atoms with Crippen LogP contribution >= 0.6 is 0 Å². The van der Waals surface area contributed by atoms with E-state index in [1.54, 1.807) is 0 Å². The van der Waals surface area contributed by atoms with E-state index >= 15 is 0 Å². The Morgan fingerprint density at radius 2 is 1.29 bits per heavy atom. The van der Waals surface area contributed by atoms with Crippen molar-refractivity contribution in [3.05, 3.63) is 0 Å². The molecule has 196 valence electrons. The maximum atomic E-state index is 12.3. The summed E-state index contributed by atoms with van der Waals surface area (Å²) in [6.07, 6.45) is 13.5. The highest BCUT2D eigenvalue weighted by atomic mass is 32.2. The van der Waals surface area contributed by atoms with E-state index in [4.69, 9.17) is 0 Å². The average molecular weight is 493 g/mol. The summed E-state index contributed by atoms with van der Waals surface area (Å²) in [4.78, 5) is 0. The highest BCUT2D eigenvalue weighted by molar-refractivity contribution is 7.86. The molecule has 0 aromatic carbocycles. The molecule has 5 aliphatic rings. The second-order valence-electron chi connectivity index (χ2n) is 16.2. The van der Waals surface area contributed by atoms with E-state index in [-0.39, 0.29) is 10.8 Å². The van der Waals surface area contributed by atoms with Gasteiger partial charge in [-0.05, 0) is 127 Å². The summed E-state index contributed by atoms with van der Waals surface area (Å²) in [6, 6.07) is 0. The molecule has 1 N–H and O–H groups in total. The lowest BCUT2D eigenvalue weighted by atomic mass is 9.31. The zero-order chi connectivity index (χ0) is 25.2. The highest BCUT2D eigenvalue weighted by Gasteiger charge is 2.70. The lowest BCUT2D eigenvalue weighted by Gasteiger charge is -2.73. The molecule has 0 saturated heterocycles. The first-order valence-electron chi connectivity index (χ1n) is 14.4. The van der Waals surface area contributed by atoms with Crippen LogP contribution < -0.4 is 0 Å². The van der Waals surface area contributed by atoms with Crippen molar-refractivity contribution in [3.8, 4) is 0 Å². The number of fused-ring (bicyclic) bond motifs is 7. The van der Waals surface area contributed by atoms with E-state index in [0.29, 0.717) is 39.9 Å². The van der Waals surface area contributed by atoms with Gasteiger partial charge in [-0.15, -0.1) is 0 Å². The molecule has 0 amide bonds. The fraction of sp³-hybridized carbons (Fsp3) is 1.00. The third-order valence-corrected chi connectivity index (χ3v) is 15.5. The predicted octanol–water partition coefficient (Wildman–Crippen LogP) is 8.14. The third-order valence-electron chi connectivity index (χ3n) is 14.0. The lowest BCUT2D eigenvalue weighted by molar-refractivity contribution is -0.242. The van der Waals surface area contributed by atoms with Gasteiger partial charge >= 0.3 is 0 Å². The average Bonchev–Trinajstić information content (AvgIpc) is 2.68. The summed E-state index contributed by atoms with van der Waals surface area (Å²) < 4.78 is 34.8. The van der Waals surface area contributed by atoms with Gasteiger partial charge in [0.25, 0.3) is 10.1 Å². The van der Waals surface area contributed by atoms with Gasteiger partial charge in [0, 0.05) is 0 Å². The molecule has 0 radical (unpaired) electrons. The minimum Gasteiger partial charge on any atom is -0.285 e. The van der Waals surface area contributed by atoms with Crippen LogP contribution in [0, 0.1) is 56.2 Å². The molecule has 5 aliphatic carbocycles. The summed E-state index contributed by atoms with van der Waals surface area (Å²) in [7, 11) is -4.02. The van der Waals surface area contributed by atoms with Crippen LogP contribution in [0.1, 0.15) is 126 Å². The number of rotatable bonds is 1. The van der Waals surface area contributed by atoms with Crippen molar-refractivity contribution in [2.45, 2.75) is 131 Å². The fourth-order valence-corrected chi connectivity index (χ4v) is 13.2. The van der Waals surface area contributed by atoms with E-state index in [1.807, 2.05) is 0 Å². The van der Waals surface area contributed by atoms with Crippen LogP contribution in [-0.4, -0.2) is 18.2 Å². The molecular weight excluding hydrogens is 440 g/mol. The quantitative estimate of drug-likeness (QED) is 0.376. The maximum Gasteiger partial charge on any atom is 0.268 e. The van der Waals surface area contributed by atoms with Crippen LogP contribution in [-0.2, 0) is 10.1 Å². The summed E-state index contributed by atoms with van der Waals surface area (Å²) in [5, 5.41) is -0.616. The second-order valence-corrected chi connectivity index (χ2v) is 17.8. The Kier molecular flexibility index (Phi) is 5.46. The Balaban J connectivity index is 1.51. The molecule has 5 rings (SSSR count). The molecule has 5 fully saturated rings. The Hall–Kier alpha value is -0.0900. The van der Waals surface area contributed by atoms with Crippen LogP contribution in [0.25, 0.3) is 0 Å². The first-order chi connectivity index (χ1) is 15.4. The van der Waals surface area contributed by atoms with Gasteiger partial charge in [-0.25, -0.2) is 0 Å². The topological polar surface area (TPSA) is 54.4 Å². The molecule has 0 spiro atoms. The molecule has 2 unspecified atom stereocenters. The van der Waals surface area contributed by atoms with Crippen molar-refractivity contribution in [1.82, 2.24) is 0 Å². The molecule has 3 nitrogen and oxygen atoms in total. The zero-order valence-corrected chi connectivity index (χ0v) is 24.2. The van der Waals surface area contributed by atoms with Crippen molar-refractivity contribution in [2.75, 3.05) is 0 Å². The molecule has 0 aromatic heterocycles. The van der Waals surface area contributed by atoms with Crippen molar-refractivity contribution in [2.24, 2.45) is 56.2 Å². The van der Waals surface area contributed by atoms with Crippen molar-refractivity contribution in [3.63, 3.8) is 0 Å². The molecule has 0 bridgehead atoms. The maximum absolute atomic E-state index is 12.3. The first kappa shape index (κ1) is 25.6. The Labute approximate surface area is 210 Å². The Bertz CT molecular complexity index is 952. The molecule has 9 atom stereocenters.